The second kappa shape index (κ2) is 9.52. The number of amides is 1. The Hall–Kier alpha value is -2.86. The van der Waals surface area contributed by atoms with Crippen LogP contribution in [0.1, 0.15) is 5.56 Å². The van der Waals surface area contributed by atoms with Crippen LogP contribution in [-0.2, 0) is 4.79 Å². The van der Waals surface area contributed by atoms with E-state index in [1.165, 1.54) is 5.56 Å². The first kappa shape index (κ1) is 21.4. The fourth-order valence-electron chi connectivity index (χ4n) is 3.00. The van der Waals surface area contributed by atoms with Crippen LogP contribution in [0.5, 0.6) is 5.75 Å². The van der Waals surface area contributed by atoms with E-state index in [1.54, 1.807) is 29.5 Å². The minimum absolute atomic E-state index is 0.158. The standard InChI is InChI=1S/C24H18Cl2N2O2S/c1-15-4-2-3-5-19(15)24-28-21(14-31-24)16-6-9-18(10-7-16)27-23(29)13-30-22-11-8-17(25)12-20(22)26/h2-12,14H,13H2,1H3,(H,27,29). The third-order valence-corrected chi connectivity index (χ3v) is 6.00. The monoisotopic (exact) mass is 468 g/mol. The zero-order chi connectivity index (χ0) is 21.8. The van der Waals surface area contributed by atoms with Gasteiger partial charge in [-0.25, -0.2) is 4.98 Å². The van der Waals surface area contributed by atoms with Crippen LogP contribution >= 0.6 is 34.5 Å². The van der Waals surface area contributed by atoms with Crippen molar-refractivity contribution in [2.45, 2.75) is 6.92 Å². The molecule has 0 saturated carbocycles. The quantitative estimate of drug-likeness (QED) is 0.327. The molecule has 0 bridgehead atoms. The molecule has 7 heteroatoms. The van der Waals surface area contributed by atoms with Crippen molar-refractivity contribution in [3.63, 3.8) is 0 Å². The van der Waals surface area contributed by atoms with Gasteiger partial charge >= 0.3 is 0 Å². The van der Waals surface area contributed by atoms with Crippen molar-refractivity contribution in [1.82, 2.24) is 4.98 Å². The summed E-state index contributed by atoms with van der Waals surface area (Å²) >= 11 is 13.5. The first-order valence-electron chi connectivity index (χ1n) is 9.49. The Labute approximate surface area is 194 Å². The lowest BCUT2D eigenvalue weighted by Gasteiger charge is -2.09. The van der Waals surface area contributed by atoms with Gasteiger partial charge in [0.05, 0.1) is 10.7 Å². The normalized spacial score (nSPS) is 10.7. The number of hydrogen-bond acceptors (Lipinski definition) is 4. The summed E-state index contributed by atoms with van der Waals surface area (Å²) in [5.41, 5.74) is 4.90. The van der Waals surface area contributed by atoms with E-state index >= 15 is 0 Å². The molecule has 0 spiro atoms. The third kappa shape index (κ3) is 5.25. The van der Waals surface area contributed by atoms with Gasteiger partial charge in [-0.3, -0.25) is 4.79 Å². The maximum atomic E-state index is 12.2. The molecule has 31 heavy (non-hydrogen) atoms. The molecule has 3 aromatic carbocycles. The minimum atomic E-state index is -0.283. The van der Waals surface area contributed by atoms with Gasteiger partial charge in [0.15, 0.2) is 6.61 Å². The van der Waals surface area contributed by atoms with Crippen LogP contribution in [0.25, 0.3) is 21.8 Å². The molecule has 0 aliphatic rings. The Morgan fingerprint density at radius 3 is 2.58 bits per heavy atom. The lowest BCUT2D eigenvalue weighted by molar-refractivity contribution is -0.118. The van der Waals surface area contributed by atoms with Gasteiger partial charge in [-0.1, -0.05) is 59.6 Å². The summed E-state index contributed by atoms with van der Waals surface area (Å²) in [6.45, 7) is 1.92. The molecule has 1 amide bonds. The maximum absolute atomic E-state index is 12.2. The topological polar surface area (TPSA) is 51.2 Å². The van der Waals surface area contributed by atoms with E-state index in [9.17, 15) is 4.79 Å². The summed E-state index contributed by atoms with van der Waals surface area (Å²) in [5.74, 6) is 0.124. The van der Waals surface area contributed by atoms with E-state index in [1.807, 2.05) is 41.8 Å². The van der Waals surface area contributed by atoms with E-state index in [0.717, 1.165) is 21.8 Å². The number of carbonyl (C=O) groups excluding carboxylic acids is 1. The van der Waals surface area contributed by atoms with Crippen molar-refractivity contribution >= 4 is 46.1 Å². The molecule has 1 N–H and O–H groups in total. The van der Waals surface area contributed by atoms with Crippen LogP contribution in [0.2, 0.25) is 10.0 Å². The summed E-state index contributed by atoms with van der Waals surface area (Å²) < 4.78 is 5.46. The van der Waals surface area contributed by atoms with Crippen LogP contribution in [0.3, 0.4) is 0 Å². The summed E-state index contributed by atoms with van der Waals surface area (Å²) in [6.07, 6.45) is 0. The molecule has 156 valence electrons. The number of anilines is 1. The van der Waals surface area contributed by atoms with E-state index in [0.29, 0.717) is 21.5 Å². The molecule has 0 radical (unpaired) electrons. The van der Waals surface area contributed by atoms with Gasteiger partial charge in [0.1, 0.15) is 10.8 Å². The number of carbonyl (C=O) groups is 1. The largest absolute Gasteiger partial charge is 0.482 e. The van der Waals surface area contributed by atoms with Gasteiger partial charge in [0, 0.05) is 27.2 Å². The average Bonchev–Trinajstić information content (AvgIpc) is 3.24. The van der Waals surface area contributed by atoms with Gasteiger partial charge < -0.3 is 10.1 Å². The fourth-order valence-corrected chi connectivity index (χ4v) is 4.38. The molecular formula is C24H18Cl2N2O2S. The molecule has 0 fully saturated rings. The van der Waals surface area contributed by atoms with Crippen LogP contribution in [0, 0.1) is 6.92 Å². The van der Waals surface area contributed by atoms with Gasteiger partial charge in [0.2, 0.25) is 0 Å². The Balaban J connectivity index is 1.38. The van der Waals surface area contributed by atoms with Crippen molar-refractivity contribution in [3.8, 4) is 27.6 Å². The molecule has 0 saturated heterocycles. The van der Waals surface area contributed by atoms with Crippen LogP contribution in [0.15, 0.2) is 72.1 Å². The second-order valence-electron chi connectivity index (χ2n) is 6.84. The molecule has 4 nitrogen and oxygen atoms in total. The second-order valence-corrected chi connectivity index (χ2v) is 8.54. The summed E-state index contributed by atoms with van der Waals surface area (Å²) in [4.78, 5) is 17.0. The van der Waals surface area contributed by atoms with Crippen LogP contribution in [0.4, 0.5) is 5.69 Å². The first-order valence-corrected chi connectivity index (χ1v) is 11.1. The Bertz CT molecular complexity index is 1220. The molecule has 0 aliphatic heterocycles. The highest BCUT2D eigenvalue weighted by Gasteiger charge is 2.10. The van der Waals surface area contributed by atoms with Crippen LogP contribution < -0.4 is 10.1 Å². The first-order chi connectivity index (χ1) is 15.0. The Morgan fingerprint density at radius 2 is 1.84 bits per heavy atom. The molecule has 1 heterocycles. The van der Waals surface area contributed by atoms with Crippen molar-refractivity contribution in [2.24, 2.45) is 0 Å². The molecule has 0 unspecified atom stereocenters. The van der Waals surface area contributed by atoms with Crippen molar-refractivity contribution in [1.29, 1.82) is 0 Å². The van der Waals surface area contributed by atoms with Crippen molar-refractivity contribution in [3.05, 3.63) is 87.7 Å². The molecule has 0 atom stereocenters. The number of aryl methyl sites for hydroxylation is 1. The highest BCUT2D eigenvalue weighted by atomic mass is 35.5. The minimum Gasteiger partial charge on any atom is -0.482 e. The zero-order valence-corrected chi connectivity index (χ0v) is 18.9. The number of halogens is 2. The van der Waals surface area contributed by atoms with Gasteiger partial charge in [-0.2, -0.15) is 0 Å². The third-order valence-electron chi connectivity index (χ3n) is 4.60. The lowest BCUT2D eigenvalue weighted by atomic mass is 10.1. The van der Waals surface area contributed by atoms with E-state index < -0.39 is 0 Å². The zero-order valence-electron chi connectivity index (χ0n) is 16.6. The van der Waals surface area contributed by atoms with Crippen LogP contribution in [-0.4, -0.2) is 17.5 Å². The number of thiazole rings is 1. The Kier molecular flexibility index (Phi) is 6.56. The molecular weight excluding hydrogens is 451 g/mol. The number of aromatic nitrogens is 1. The maximum Gasteiger partial charge on any atom is 0.262 e. The molecule has 0 aliphatic carbocycles. The predicted molar refractivity (Wildman–Crippen MR) is 128 cm³/mol. The number of ether oxygens (including phenoxy) is 1. The smallest absolute Gasteiger partial charge is 0.262 e. The molecule has 1 aromatic heterocycles. The van der Waals surface area contributed by atoms with Gasteiger partial charge in [-0.05, 0) is 42.8 Å². The van der Waals surface area contributed by atoms with E-state index in [4.69, 9.17) is 32.9 Å². The number of benzene rings is 3. The number of rotatable bonds is 6. The van der Waals surface area contributed by atoms with E-state index in [-0.39, 0.29) is 12.5 Å². The lowest BCUT2D eigenvalue weighted by Crippen LogP contribution is -2.20. The Morgan fingerprint density at radius 1 is 1.06 bits per heavy atom. The number of hydrogen-bond donors (Lipinski definition) is 1. The summed E-state index contributed by atoms with van der Waals surface area (Å²) in [7, 11) is 0. The average molecular weight is 469 g/mol. The highest BCUT2D eigenvalue weighted by Crippen LogP contribution is 2.31. The van der Waals surface area contributed by atoms with Crippen molar-refractivity contribution in [2.75, 3.05) is 11.9 Å². The summed E-state index contributed by atoms with van der Waals surface area (Å²) in [6, 6.07) is 20.6. The van der Waals surface area contributed by atoms with Gasteiger partial charge in [-0.15, -0.1) is 11.3 Å². The summed E-state index contributed by atoms with van der Waals surface area (Å²) in [5, 5.41) is 6.71. The predicted octanol–water partition coefficient (Wildman–Crippen LogP) is 7.11. The number of nitrogens with zero attached hydrogens (tertiary/aromatic N) is 1. The van der Waals surface area contributed by atoms with Gasteiger partial charge in [0.25, 0.3) is 5.91 Å². The molecule has 4 rings (SSSR count). The molecule has 4 aromatic rings. The van der Waals surface area contributed by atoms with Crippen molar-refractivity contribution < 1.29 is 9.53 Å². The van der Waals surface area contributed by atoms with E-state index in [2.05, 4.69) is 24.4 Å². The SMILES string of the molecule is Cc1ccccc1-c1nc(-c2ccc(NC(=O)COc3ccc(Cl)cc3Cl)cc2)cs1. The number of nitrogens with one attached hydrogen (secondary N) is 1. The highest BCUT2D eigenvalue weighted by molar-refractivity contribution is 7.13. The fraction of sp³-hybridized carbons (Fsp3) is 0.0833.